The maximum atomic E-state index is 11.5. The van der Waals surface area contributed by atoms with Gasteiger partial charge in [-0.15, -0.1) is 0 Å². The minimum Gasteiger partial charge on any atom is -0.461 e. The van der Waals surface area contributed by atoms with Crippen molar-refractivity contribution < 1.29 is 13.9 Å². The van der Waals surface area contributed by atoms with Gasteiger partial charge < -0.3 is 14.1 Å². The number of piperazine rings is 1. The maximum Gasteiger partial charge on any atom is 0.360 e. The van der Waals surface area contributed by atoms with Gasteiger partial charge in [0.1, 0.15) is 6.26 Å². The van der Waals surface area contributed by atoms with E-state index in [1.54, 1.807) is 6.92 Å². The first-order chi connectivity index (χ1) is 9.15. The molecule has 1 saturated heterocycles. The Kier molecular flexibility index (Phi) is 4.42. The van der Waals surface area contributed by atoms with E-state index in [9.17, 15) is 4.79 Å². The van der Waals surface area contributed by atoms with Crippen molar-refractivity contribution in [1.82, 2.24) is 9.88 Å². The third-order valence-corrected chi connectivity index (χ3v) is 3.42. The molecule has 0 N–H and O–H groups in total. The van der Waals surface area contributed by atoms with Gasteiger partial charge in [0.25, 0.3) is 6.01 Å². The highest BCUT2D eigenvalue weighted by Gasteiger charge is 2.26. The van der Waals surface area contributed by atoms with Crippen LogP contribution in [0.2, 0.25) is 0 Å². The molecule has 0 aliphatic carbocycles. The molecule has 19 heavy (non-hydrogen) atoms. The Morgan fingerprint density at radius 3 is 2.95 bits per heavy atom. The number of esters is 1. The van der Waals surface area contributed by atoms with E-state index in [0.29, 0.717) is 18.7 Å². The van der Waals surface area contributed by atoms with Crippen LogP contribution in [0.15, 0.2) is 10.7 Å². The second-order valence-electron chi connectivity index (χ2n) is 4.66. The Morgan fingerprint density at radius 2 is 2.32 bits per heavy atom. The minimum absolute atomic E-state index is 0.238. The van der Waals surface area contributed by atoms with E-state index in [-0.39, 0.29) is 5.69 Å². The summed E-state index contributed by atoms with van der Waals surface area (Å²) in [6.45, 7) is 10.2. The Labute approximate surface area is 113 Å². The van der Waals surface area contributed by atoms with Crippen LogP contribution < -0.4 is 4.90 Å². The number of carbonyl (C=O) groups is 1. The van der Waals surface area contributed by atoms with E-state index in [2.05, 4.69) is 28.6 Å². The van der Waals surface area contributed by atoms with Crippen LogP contribution >= 0.6 is 0 Å². The van der Waals surface area contributed by atoms with Crippen LogP contribution in [-0.2, 0) is 4.74 Å². The second kappa shape index (κ2) is 6.06. The Balaban J connectivity index is 2.01. The molecule has 0 amide bonds. The van der Waals surface area contributed by atoms with Crippen LogP contribution in [0, 0.1) is 0 Å². The summed E-state index contributed by atoms with van der Waals surface area (Å²) in [5.41, 5.74) is 0.238. The van der Waals surface area contributed by atoms with Crippen LogP contribution in [0.4, 0.5) is 6.01 Å². The van der Waals surface area contributed by atoms with Gasteiger partial charge in [0.15, 0.2) is 5.69 Å². The van der Waals surface area contributed by atoms with Gasteiger partial charge in [0.2, 0.25) is 0 Å². The van der Waals surface area contributed by atoms with Crippen molar-refractivity contribution in [3.8, 4) is 0 Å². The second-order valence-corrected chi connectivity index (χ2v) is 4.66. The predicted molar refractivity (Wildman–Crippen MR) is 71.4 cm³/mol. The number of ether oxygens (including phenoxy) is 1. The number of hydrogen-bond donors (Lipinski definition) is 0. The summed E-state index contributed by atoms with van der Waals surface area (Å²) in [5, 5.41) is 0. The van der Waals surface area contributed by atoms with Gasteiger partial charge in [-0.1, -0.05) is 6.92 Å². The zero-order valence-electron chi connectivity index (χ0n) is 11.8. The molecule has 0 radical (unpaired) electrons. The molecule has 0 spiro atoms. The molecule has 1 fully saturated rings. The van der Waals surface area contributed by atoms with E-state index in [1.165, 1.54) is 6.26 Å². The average Bonchev–Trinajstić information content (AvgIpc) is 2.88. The van der Waals surface area contributed by atoms with Gasteiger partial charge in [-0.25, -0.2) is 4.79 Å². The largest absolute Gasteiger partial charge is 0.461 e. The van der Waals surface area contributed by atoms with Crippen LogP contribution in [0.5, 0.6) is 0 Å². The first kappa shape index (κ1) is 13.9. The highest BCUT2D eigenvalue weighted by atomic mass is 16.5. The van der Waals surface area contributed by atoms with Gasteiger partial charge in [-0.2, -0.15) is 4.98 Å². The predicted octanol–water partition coefficient (Wildman–Crippen LogP) is 1.38. The number of oxazole rings is 1. The molecule has 1 aromatic heterocycles. The van der Waals surface area contributed by atoms with E-state index in [1.807, 2.05) is 0 Å². The fourth-order valence-corrected chi connectivity index (χ4v) is 2.35. The zero-order chi connectivity index (χ0) is 13.8. The van der Waals surface area contributed by atoms with Crippen LogP contribution in [0.25, 0.3) is 0 Å². The molecule has 0 bridgehead atoms. The highest BCUT2D eigenvalue weighted by molar-refractivity contribution is 5.87. The SMILES string of the molecule is CCOC(=O)c1coc(N2CCN(CC)C(C)C2)n1. The summed E-state index contributed by atoms with van der Waals surface area (Å²) in [7, 11) is 0. The normalized spacial score (nSPS) is 20.6. The summed E-state index contributed by atoms with van der Waals surface area (Å²) in [6.07, 6.45) is 1.37. The lowest BCUT2D eigenvalue weighted by Gasteiger charge is -2.38. The fourth-order valence-electron chi connectivity index (χ4n) is 2.35. The standard InChI is InChI=1S/C13H21N3O3/c1-4-15-6-7-16(8-10(15)3)13-14-11(9-19-13)12(17)18-5-2/h9-10H,4-8H2,1-3H3. The van der Waals surface area contributed by atoms with Gasteiger partial charge >= 0.3 is 5.97 Å². The molecule has 1 aliphatic heterocycles. The summed E-state index contributed by atoms with van der Waals surface area (Å²) in [6, 6.07) is 0.961. The van der Waals surface area contributed by atoms with Crippen molar-refractivity contribution in [1.29, 1.82) is 0 Å². The van der Waals surface area contributed by atoms with Crippen LogP contribution in [0.1, 0.15) is 31.3 Å². The molecule has 1 unspecified atom stereocenters. The number of likely N-dealkylation sites (N-methyl/N-ethyl adjacent to an activating group) is 1. The summed E-state index contributed by atoms with van der Waals surface area (Å²) in [5.74, 6) is -0.433. The molecule has 6 heteroatoms. The molecule has 1 atom stereocenters. The van der Waals surface area contributed by atoms with Gasteiger partial charge in [-0.3, -0.25) is 4.90 Å². The topological polar surface area (TPSA) is 58.8 Å². The first-order valence-electron chi connectivity index (χ1n) is 6.77. The summed E-state index contributed by atoms with van der Waals surface area (Å²) >= 11 is 0. The summed E-state index contributed by atoms with van der Waals surface area (Å²) in [4.78, 5) is 20.2. The molecule has 2 heterocycles. The molecule has 1 aliphatic rings. The van der Waals surface area contributed by atoms with E-state index >= 15 is 0 Å². The Morgan fingerprint density at radius 1 is 1.53 bits per heavy atom. The smallest absolute Gasteiger partial charge is 0.360 e. The van der Waals surface area contributed by atoms with Crippen molar-refractivity contribution in [2.45, 2.75) is 26.8 Å². The van der Waals surface area contributed by atoms with Gasteiger partial charge in [-0.05, 0) is 20.4 Å². The minimum atomic E-state index is -0.433. The number of carbonyl (C=O) groups excluding carboxylic acids is 1. The van der Waals surface area contributed by atoms with Gasteiger partial charge in [0, 0.05) is 25.7 Å². The monoisotopic (exact) mass is 267 g/mol. The van der Waals surface area contributed by atoms with Crippen molar-refractivity contribution in [2.75, 3.05) is 37.7 Å². The lowest BCUT2D eigenvalue weighted by Crippen LogP contribution is -2.51. The van der Waals surface area contributed by atoms with E-state index < -0.39 is 5.97 Å². The van der Waals surface area contributed by atoms with E-state index in [0.717, 1.165) is 26.2 Å². The van der Waals surface area contributed by atoms with Crippen molar-refractivity contribution in [3.63, 3.8) is 0 Å². The number of anilines is 1. The lowest BCUT2D eigenvalue weighted by molar-refractivity contribution is 0.0519. The number of aromatic nitrogens is 1. The number of rotatable bonds is 4. The van der Waals surface area contributed by atoms with Crippen molar-refractivity contribution in [3.05, 3.63) is 12.0 Å². The van der Waals surface area contributed by atoms with Crippen molar-refractivity contribution in [2.24, 2.45) is 0 Å². The quantitative estimate of drug-likeness (QED) is 0.768. The molecule has 2 rings (SSSR count). The zero-order valence-corrected chi connectivity index (χ0v) is 11.8. The number of hydrogen-bond acceptors (Lipinski definition) is 6. The Hall–Kier alpha value is -1.56. The third-order valence-electron chi connectivity index (χ3n) is 3.42. The lowest BCUT2D eigenvalue weighted by atomic mass is 10.2. The third kappa shape index (κ3) is 3.07. The molecular weight excluding hydrogens is 246 g/mol. The summed E-state index contributed by atoms with van der Waals surface area (Å²) < 4.78 is 10.3. The van der Waals surface area contributed by atoms with Crippen LogP contribution in [0.3, 0.4) is 0 Å². The molecule has 0 aromatic carbocycles. The Bertz CT molecular complexity index is 433. The van der Waals surface area contributed by atoms with E-state index in [4.69, 9.17) is 9.15 Å². The average molecular weight is 267 g/mol. The molecule has 6 nitrogen and oxygen atoms in total. The fraction of sp³-hybridized carbons (Fsp3) is 0.692. The molecule has 106 valence electrons. The van der Waals surface area contributed by atoms with Crippen molar-refractivity contribution >= 4 is 12.0 Å². The maximum absolute atomic E-state index is 11.5. The van der Waals surface area contributed by atoms with Crippen LogP contribution in [-0.4, -0.2) is 54.7 Å². The van der Waals surface area contributed by atoms with Gasteiger partial charge in [0.05, 0.1) is 6.61 Å². The number of nitrogens with zero attached hydrogens (tertiary/aromatic N) is 3. The highest BCUT2D eigenvalue weighted by Crippen LogP contribution is 2.18. The molecule has 0 saturated carbocycles. The molecule has 1 aromatic rings. The first-order valence-corrected chi connectivity index (χ1v) is 6.77. The molecular formula is C13H21N3O3.